The number of hydrogen-bond donors (Lipinski definition) is 1. The van der Waals surface area contributed by atoms with Gasteiger partial charge >= 0.3 is 0 Å². The molecule has 0 bridgehead atoms. The van der Waals surface area contributed by atoms with Crippen molar-refractivity contribution in [2.45, 2.75) is 6.92 Å². The molecule has 0 aliphatic carbocycles. The molecule has 3 aromatic rings. The Balaban J connectivity index is 2.55. The number of aromatic hydroxyl groups is 1. The molecule has 0 unspecified atom stereocenters. The largest absolute Gasteiger partial charge is 0.508 e. The monoisotopic (exact) mass is 248 g/mol. The fourth-order valence-electron chi connectivity index (χ4n) is 1.94. The Morgan fingerprint density at radius 3 is 2.69 bits per heavy atom. The van der Waals surface area contributed by atoms with E-state index in [4.69, 9.17) is 11.6 Å². The standard InChI is InChI=1S/C13H9ClOS/c1-7-11(15)5-4-10-9-3-2-8(14)6-12(9)16-13(7)10/h2-6,15H,1H3. The van der Waals surface area contributed by atoms with Crippen LogP contribution in [0.25, 0.3) is 20.2 Å². The highest BCUT2D eigenvalue weighted by Crippen LogP contribution is 2.39. The zero-order valence-corrected chi connectivity index (χ0v) is 10.2. The Hall–Kier alpha value is -1.25. The van der Waals surface area contributed by atoms with Crippen molar-refractivity contribution < 1.29 is 5.11 Å². The summed E-state index contributed by atoms with van der Waals surface area (Å²) < 4.78 is 2.30. The maximum absolute atomic E-state index is 9.68. The first-order valence-corrected chi connectivity index (χ1v) is 6.16. The first-order valence-electron chi connectivity index (χ1n) is 4.97. The highest BCUT2D eigenvalue weighted by atomic mass is 35.5. The number of fused-ring (bicyclic) bond motifs is 3. The van der Waals surface area contributed by atoms with Gasteiger partial charge in [-0.15, -0.1) is 11.3 Å². The molecule has 0 atom stereocenters. The zero-order valence-electron chi connectivity index (χ0n) is 8.62. The number of benzene rings is 2. The molecule has 0 amide bonds. The SMILES string of the molecule is Cc1c(O)ccc2c1sc1cc(Cl)ccc12. The molecule has 0 fully saturated rings. The fraction of sp³-hybridized carbons (Fsp3) is 0.0769. The molecular weight excluding hydrogens is 240 g/mol. The van der Waals surface area contributed by atoms with Crippen LogP contribution < -0.4 is 0 Å². The molecule has 1 heterocycles. The van der Waals surface area contributed by atoms with Gasteiger partial charge in [0.15, 0.2) is 0 Å². The molecule has 1 nitrogen and oxygen atoms in total. The van der Waals surface area contributed by atoms with E-state index in [1.54, 1.807) is 17.4 Å². The van der Waals surface area contributed by atoms with Crippen molar-refractivity contribution in [2.24, 2.45) is 0 Å². The van der Waals surface area contributed by atoms with Crippen LogP contribution in [-0.2, 0) is 0 Å². The Morgan fingerprint density at radius 1 is 1.12 bits per heavy atom. The van der Waals surface area contributed by atoms with E-state index in [0.29, 0.717) is 5.75 Å². The number of thiophene rings is 1. The topological polar surface area (TPSA) is 20.2 Å². The summed E-state index contributed by atoms with van der Waals surface area (Å²) in [6, 6.07) is 9.62. The van der Waals surface area contributed by atoms with E-state index in [1.165, 1.54) is 10.8 Å². The van der Waals surface area contributed by atoms with Gasteiger partial charge in [0, 0.05) is 30.8 Å². The lowest BCUT2D eigenvalue weighted by atomic mass is 10.1. The molecule has 1 N–H and O–H groups in total. The summed E-state index contributed by atoms with van der Waals surface area (Å²) in [4.78, 5) is 0. The molecule has 0 aliphatic heterocycles. The maximum atomic E-state index is 9.68. The Bertz CT molecular complexity index is 700. The van der Waals surface area contributed by atoms with E-state index in [0.717, 1.165) is 20.0 Å². The van der Waals surface area contributed by atoms with Crippen molar-refractivity contribution in [3.8, 4) is 5.75 Å². The molecule has 3 heteroatoms. The Kier molecular flexibility index (Phi) is 2.09. The van der Waals surface area contributed by atoms with Gasteiger partial charge < -0.3 is 5.11 Å². The second-order valence-electron chi connectivity index (χ2n) is 3.83. The Labute approximate surface area is 102 Å². The molecule has 0 aliphatic rings. The van der Waals surface area contributed by atoms with Gasteiger partial charge in [-0.1, -0.05) is 17.7 Å². The van der Waals surface area contributed by atoms with Crippen molar-refractivity contribution in [1.29, 1.82) is 0 Å². The van der Waals surface area contributed by atoms with Crippen LogP contribution in [0.4, 0.5) is 0 Å². The smallest absolute Gasteiger partial charge is 0.119 e. The van der Waals surface area contributed by atoms with E-state index >= 15 is 0 Å². The third-order valence-electron chi connectivity index (χ3n) is 2.82. The summed E-state index contributed by atoms with van der Waals surface area (Å²) in [7, 11) is 0. The second kappa shape index (κ2) is 3.37. The average Bonchev–Trinajstić information content (AvgIpc) is 2.62. The molecule has 80 valence electrons. The molecular formula is C13H9ClOS. The van der Waals surface area contributed by atoms with Gasteiger partial charge in [0.2, 0.25) is 0 Å². The summed E-state index contributed by atoms with van der Waals surface area (Å²) in [5.74, 6) is 0.352. The summed E-state index contributed by atoms with van der Waals surface area (Å²) >= 11 is 7.65. The van der Waals surface area contributed by atoms with E-state index in [1.807, 2.05) is 31.2 Å². The van der Waals surface area contributed by atoms with E-state index in [2.05, 4.69) is 0 Å². The van der Waals surface area contributed by atoms with Crippen molar-refractivity contribution in [2.75, 3.05) is 0 Å². The van der Waals surface area contributed by atoms with E-state index in [9.17, 15) is 5.11 Å². The quantitative estimate of drug-likeness (QED) is 0.610. The van der Waals surface area contributed by atoms with Gasteiger partial charge in [-0.05, 0) is 31.2 Å². The molecule has 0 saturated carbocycles. The lowest BCUT2D eigenvalue weighted by Gasteiger charge is -1.98. The van der Waals surface area contributed by atoms with E-state index in [-0.39, 0.29) is 0 Å². The normalized spacial score (nSPS) is 11.4. The fourth-order valence-corrected chi connectivity index (χ4v) is 3.41. The summed E-state index contributed by atoms with van der Waals surface area (Å²) in [6.45, 7) is 1.94. The predicted molar refractivity (Wildman–Crippen MR) is 70.7 cm³/mol. The van der Waals surface area contributed by atoms with Gasteiger partial charge in [-0.25, -0.2) is 0 Å². The van der Waals surface area contributed by atoms with Crippen molar-refractivity contribution >= 4 is 43.1 Å². The summed E-state index contributed by atoms with van der Waals surface area (Å²) in [6.07, 6.45) is 0. The third kappa shape index (κ3) is 1.30. The second-order valence-corrected chi connectivity index (χ2v) is 5.32. The van der Waals surface area contributed by atoms with Crippen molar-refractivity contribution in [1.82, 2.24) is 0 Å². The van der Waals surface area contributed by atoms with Gasteiger partial charge in [0.1, 0.15) is 5.75 Å². The molecule has 0 spiro atoms. The first-order chi connectivity index (χ1) is 7.66. The van der Waals surface area contributed by atoms with Crippen LogP contribution in [-0.4, -0.2) is 5.11 Å². The molecule has 2 aromatic carbocycles. The Morgan fingerprint density at radius 2 is 1.88 bits per heavy atom. The first kappa shape index (κ1) is 9.94. The van der Waals surface area contributed by atoms with Crippen LogP contribution in [0.15, 0.2) is 30.3 Å². The minimum absolute atomic E-state index is 0.352. The number of aryl methyl sites for hydroxylation is 1. The highest BCUT2D eigenvalue weighted by molar-refractivity contribution is 7.26. The minimum atomic E-state index is 0.352. The molecule has 0 radical (unpaired) electrons. The number of phenols is 1. The maximum Gasteiger partial charge on any atom is 0.119 e. The number of phenolic OH excluding ortho intramolecular Hbond substituents is 1. The highest BCUT2D eigenvalue weighted by Gasteiger charge is 2.09. The molecule has 0 saturated heterocycles. The third-order valence-corrected chi connectivity index (χ3v) is 4.35. The number of rotatable bonds is 0. The van der Waals surface area contributed by atoms with Crippen molar-refractivity contribution in [3.05, 3.63) is 40.9 Å². The van der Waals surface area contributed by atoms with Crippen LogP contribution in [0, 0.1) is 6.92 Å². The van der Waals surface area contributed by atoms with Crippen LogP contribution in [0.1, 0.15) is 5.56 Å². The minimum Gasteiger partial charge on any atom is -0.508 e. The van der Waals surface area contributed by atoms with Gasteiger partial charge in [-0.3, -0.25) is 0 Å². The molecule has 16 heavy (non-hydrogen) atoms. The number of halogens is 1. The summed E-state index contributed by atoms with van der Waals surface area (Å²) in [5.41, 5.74) is 0.940. The summed E-state index contributed by atoms with van der Waals surface area (Å²) in [5, 5.41) is 12.8. The van der Waals surface area contributed by atoms with Crippen LogP contribution in [0.5, 0.6) is 5.75 Å². The zero-order chi connectivity index (χ0) is 11.3. The van der Waals surface area contributed by atoms with Crippen LogP contribution in [0.2, 0.25) is 5.02 Å². The van der Waals surface area contributed by atoms with E-state index < -0.39 is 0 Å². The lowest BCUT2D eigenvalue weighted by Crippen LogP contribution is -1.73. The van der Waals surface area contributed by atoms with Gasteiger partial charge in [0.05, 0.1) is 0 Å². The van der Waals surface area contributed by atoms with Crippen LogP contribution >= 0.6 is 22.9 Å². The number of hydrogen-bond acceptors (Lipinski definition) is 2. The van der Waals surface area contributed by atoms with Gasteiger partial charge in [-0.2, -0.15) is 0 Å². The lowest BCUT2D eigenvalue weighted by molar-refractivity contribution is 0.472. The van der Waals surface area contributed by atoms with Gasteiger partial charge in [0.25, 0.3) is 0 Å². The molecule has 3 rings (SSSR count). The average molecular weight is 249 g/mol. The van der Waals surface area contributed by atoms with Crippen molar-refractivity contribution in [3.63, 3.8) is 0 Å². The predicted octanol–water partition coefficient (Wildman–Crippen LogP) is 4.72. The molecule has 1 aromatic heterocycles. The van der Waals surface area contributed by atoms with Crippen LogP contribution in [0.3, 0.4) is 0 Å².